The van der Waals surface area contributed by atoms with Gasteiger partial charge in [0.2, 0.25) is 0 Å². The maximum Gasteiger partial charge on any atom is 0.253 e. The molecule has 1 atom stereocenters. The first-order chi connectivity index (χ1) is 10.6. The van der Waals surface area contributed by atoms with Gasteiger partial charge in [0.15, 0.2) is 0 Å². The summed E-state index contributed by atoms with van der Waals surface area (Å²) in [5, 5.41) is 5.64. The van der Waals surface area contributed by atoms with Crippen LogP contribution < -0.4 is 10.6 Å². The number of hydrogen-bond acceptors (Lipinski definition) is 3. The van der Waals surface area contributed by atoms with Gasteiger partial charge in [-0.2, -0.15) is 0 Å². The summed E-state index contributed by atoms with van der Waals surface area (Å²) in [6.45, 7) is 4.42. The fourth-order valence-corrected chi connectivity index (χ4v) is 2.27. The molecule has 5 nitrogen and oxygen atoms in total. The molecule has 1 aliphatic rings. The van der Waals surface area contributed by atoms with Crippen molar-refractivity contribution >= 4 is 23.2 Å². The van der Waals surface area contributed by atoms with Gasteiger partial charge in [-0.05, 0) is 50.5 Å². The van der Waals surface area contributed by atoms with Gasteiger partial charge < -0.3 is 15.4 Å². The average Bonchev–Trinajstić information content (AvgIpc) is 3.04. The van der Waals surface area contributed by atoms with E-state index in [1.807, 2.05) is 13.0 Å². The van der Waals surface area contributed by atoms with Crippen LogP contribution in [0.3, 0.4) is 0 Å². The maximum atomic E-state index is 11.9. The van der Waals surface area contributed by atoms with Crippen LogP contribution in [0.2, 0.25) is 0 Å². The van der Waals surface area contributed by atoms with Crippen LogP contribution in [0.15, 0.2) is 35.9 Å². The third-order valence-corrected chi connectivity index (χ3v) is 3.50. The van der Waals surface area contributed by atoms with Crippen molar-refractivity contribution in [1.29, 1.82) is 0 Å². The molecule has 118 valence electrons. The van der Waals surface area contributed by atoms with E-state index in [-0.39, 0.29) is 17.9 Å². The van der Waals surface area contributed by atoms with E-state index in [1.165, 1.54) is 0 Å². The fraction of sp³-hybridized carbons (Fsp3) is 0.412. The number of carbonyl (C=O) groups excluding carboxylic acids is 2. The molecule has 22 heavy (non-hydrogen) atoms. The van der Waals surface area contributed by atoms with Crippen LogP contribution in [0.4, 0.5) is 11.4 Å². The Kier molecular flexibility index (Phi) is 5.72. The minimum atomic E-state index is -0.346. The first-order valence-corrected chi connectivity index (χ1v) is 7.60. The van der Waals surface area contributed by atoms with Crippen molar-refractivity contribution in [1.82, 2.24) is 0 Å². The van der Waals surface area contributed by atoms with Crippen LogP contribution >= 0.6 is 0 Å². The summed E-state index contributed by atoms with van der Waals surface area (Å²) >= 11 is 0. The zero-order valence-corrected chi connectivity index (χ0v) is 13.0. The molecule has 0 aromatic heterocycles. The third-order valence-electron chi connectivity index (χ3n) is 3.50. The second kappa shape index (κ2) is 7.75. The lowest BCUT2D eigenvalue weighted by atomic mass is 10.2. The number of allylic oxidation sites excluding steroid dienone is 1. The van der Waals surface area contributed by atoms with Gasteiger partial charge in [-0.1, -0.05) is 13.0 Å². The van der Waals surface area contributed by atoms with E-state index < -0.39 is 0 Å². The molecule has 0 saturated carbocycles. The molecule has 1 aromatic carbocycles. The number of benzene rings is 1. The summed E-state index contributed by atoms with van der Waals surface area (Å²) in [4.78, 5) is 23.8. The van der Waals surface area contributed by atoms with Gasteiger partial charge in [-0.15, -0.1) is 0 Å². The maximum absolute atomic E-state index is 11.9. The Bertz CT molecular complexity index is 558. The van der Waals surface area contributed by atoms with Crippen LogP contribution in [0, 0.1) is 0 Å². The highest BCUT2D eigenvalue weighted by Gasteiger charge is 2.23. The standard InChI is InChI=1S/C17H22N2O3/c1-3-5-12(2)16(20)18-13-7-9-14(10-8-13)19-17(21)15-6-4-11-22-15/h5,7-10,15H,3-4,6,11H2,1-2H3,(H,18,20)(H,19,21)/b12-5-. The van der Waals surface area contributed by atoms with Crippen LogP contribution in [-0.4, -0.2) is 24.5 Å². The number of carbonyl (C=O) groups is 2. The molecule has 0 radical (unpaired) electrons. The number of ether oxygens (including phenoxy) is 1. The van der Waals surface area contributed by atoms with E-state index in [0.717, 1.165) is 19.3 Å². The zero-order valence-electron chi connectivity index (χ0n) is 13.0. The predicted octanol–water partition coefficient (Wildman–Crippen LogP) is 3.10. The van der Waals surface area contributed by atoms with Crippen LogP contribution in [-0.2, 0) is 14.3 Å². The van der Waals surface area contributed by atoms with Gasteiger partial charge in [0.05, 0.1) is 0 Å². The molecule has 1 aromatic rings. The monoisotopic (exact) mass is 302 g/mol. The summed E-state index contributed by atoms with van der Waals surface area (Å²) in [5.74, 6) is -0.228. The highest BCUT2D eigenvalue weighted by molar-refractivity contribution is 6.03. The van der Waals surface area contributed by atoms with Crippen molar-refractivity contribution < 1.29 is 14.3 Å². The molecular formula is C17H22N2O3. The zero-order chi connectivity index (χ0) is 15.9. The number of hydrogen-bond donors (Lipinski definition) is 2. The highest BCUT2D eigenvalue weighted by Crippen LogP contribution is 2.17. The Hall–Kier alpha value is -2.14. The van der Waals surface area contributed by atoms with Crippen molar-refractivity contribution in [2.45, 2.75) is 39.2 Å². The van der Waals surface area contributed by atoms with Crippen molar-refractivity contribution in [3.05, 3.63) is 35.9 Å². The first-order valence-electron chi connectivity index (χ1n) is 7.60. The van der Waals surface area contributed by atoms with Crippen molar-refractivity contribution in [2.75, 3.05) is 17.2 Å². The molecule has 1 heterocycles. The average molecular weight is 302 g/mol. The molecule has 1 aliphatic heterocycles. The summed E-state index contributed by atoms with van der Waals surface area (Å²) in [7, 11) is 0. The van der Waals surface area contributed by atoms with Crippen molar-refractivity contribution in [3.63, 3.8) is 0 Å². The molecule has 0 spiro atoms. The second-order valence-corrected chi connectivity index (χ2v) is 5.32. The van der Waals surface area contributed by atoms with Gasteiger partial charge in [0.25, 0.3) is 11.8 Å². The van der Waals surface area contributed by atoms with E-state index in [4.69, 9.17) is 4.74 Å². The molecule has 1 fully saturated rings. The van der Waals surface area contributed by atoms with Crippen LogP contribution in [0.5, 0.6) is 0 Å². The minimum absolute atomic E-state index is 0.113. The lowest BCUT2D eigenvalue weighted by Crippen LogP contribution is -2.26. The second-order valence-electron chi connectivity index (χ2n) is 5.32. The number of rotatable bonds is 5. The molecule has 0 aliphatic carbocycles. The fourth-order valence-electron chi connectivity index (χ4n) is 2.27. The molecule has 1 unspecified atom stereocenters. The summed E-state index contributed by atoms with van der Waals surface area (Å²) in [6, 6.07) is 7.06. The topological polar surface area (TPSA) is 67.4 Å². The van der Waals surface area contributed by atoms with E-state index in [9.17, 15) is 9.59 Å². The Morgan fingerprint density at radius 3 is 2.41 bits per heavy atom. The Morgan fingerprint density at radius 1 is 1.23 bits per heavy atom. The SMILES string of the molecule is CC/C=C(/C)C(=O)Nc1ccc(NC(=O)C2CCCO2)cc1. The van der Waals surface area contributed by atoms with Gasteiger partial charge in [0.1, 0.15) is 6.10 Å². The Labute approximate surface area is 130 Å². The van der Waals surface area contributed by atoms with E-state index in [0.29, 0.717) is 23.6 Å². The van der Waals surface area contributed by atoms with E-state index in [1.54, 1.807) is 31.2 Å². The molecule has 2 rings (SSSR count). The highest BCUT2D eigenvalue weighted by atomic mass is 16.5. The smallest absolute Gasteiger partial charge is 0.253 e. The van der Waals surface area contributed by atoms with E-state index >= 15 is 0 Å². The van der Waals surface area contributed by atoms with Gasteiger partial charge in [-0.3, -0.25) is 9.59 Å². The number of anilines is 2. The quantitative estimate of drug-likeness (QED) is 0.821. The summed E-state index contributed by atoms with van der Waals surface area (Å²) in [5.41, 5.74) is 2.08. The summed E-state index contributed by atoms with van der Waals surface area (Å²) < 4.78 is 5.34. The molecule has 0 bridgehead atoms. The Balaban J connectivity index is 1.91. The largest absolute Gasteiger partial charge is 0.368 e. The third kappa shape index (κ3) is 4.43. The Morgan fingerprint density at radius 2 is 1.86 bits per heavy atom. The molecule has 1 saturated heterocycles. The lowest BCUT2D eigenvalue weighted by molar-refractivity contribution is -0.124. The first kappa shape index (κ1) is 16.2. The minimum Gasteiger partial charge on any atom is -0.368 e. The van der Waals surface area contributed by atoms with Crippen LogP contribution in [0.1, 0.15) is 33.1 Å². The molecule has 2 amide bonds. The van der Waals surface area contributed by atoms with Gasteiger partial charge >= 0.3 is 0 Å². The lowest BCUT2D eigenvalue weighted by Gasteiger charge is -2.11. The summed E-state index contributed by atoms with van der Waals surface area (Å²) in [6.07, 6.45) is 4.05. The molecular weight excluding hydrogens is 280 g/mol. The molecule has 5 heteroatoms. The number of amides is 2. The normalized spacial score (nSPS) is 18.1. The number of nitrogens with one attached hydrogen (secondary N) is 2. The van der Waals surface area contributed by atoms with Gasteiger partial charge in [0, 0.05) is 23.6 Å². The predicted molar refractivity (Wildman–Crippen MR) is 86.7 cm³/mol. The van der Waals surface area contributed by atoms with Crippen molar-refractivity contribution in [2.24, 2.45) is 0 Å². The molecule has 2 N–H and O–H groups in total. The van der Waals surface area contributed by atoms with E-state index in [2.05, 4.69) is 10.6 Å². The van der Waals surface area contributed by atoms with Crippen molar-refractivity contribution in [3.8, 4) is 0 Å². The van der Waals surface area contributed by atoms with Gasteiger partial charge in [-0.25, -0.2) is 0 Å². The van der Waals surface area contributed by atoms with Crippen LogP contribution in [0.25, 0.3) is 0 Å².